The molecule has 3 aliphatic rings. The largest absolute Gasteiger partial charge is 0.365 e. The van der Waals surface area contributed by atoms with Crippen molar-refractivity contribution in [2.24, 2.45) is 5.92 Å². The van der Waals surface area contributed by atoms with E-state index in [1.807, 2.05) is 12.1 Å². The van der Waals surface area contributed by atoms with Crippen LogP contribution in [0.3, 0.4) is 0 Å². The van der Waals surface area contributed by atoms with Gasteiger partial charge < -0.3 is 4.90 Å². The van der Waals surface area contributed by atoms with Gasteiger partial charge in [0.2, 0.25) is 0 Å². The van der Waals surface area contributed by atoms with E-state index in [1.54, 1.807) is 6.07 Å². The average Bonchev–Trinajstić information content (AvgIpc) is 3.28. The number of nitrogens with zero attached hydrogens (tertiary/aromatic N) is 2. The minimum atomic E-state index is -0.269. The molecule has 0 bridgehead atoms. The van der Waals surface area contributed by atoms with Crippen molar-refractivity contribution >= 4 is 11.4 Å². The molecule has 1 aromatic carbocycles. The quantitative estimate of drug-likeness (QED) is 0.609. The molecule has 0 saturated heterocycles. The van der Waals surface area contributed by atoms with E-state index in [0.29, 0.717) is 18.0 Å². The molecule has 0 spiro atoms. The lowest BCUT2D eigenvalue weighted by molar-refractivity contribution is -0.384. The van der Waals surface area contributed by atoms with Crippen LogP contribution < -0.4 is 4.90 Å². The van der Waals surface area contributed by atoms with Crippen LogP contribution in [0, 0.1) is 16.0 Å². The Hall–Kier alpha value is -1.58. The van der Waals surface area contributed by atoms with Gasteiger partial charge in [-0.25, -0.2) is 0 Å². The molecule has 2 saturated carbocycles. The summed E-state index contributed by atoms with van der Waals surface area (Å²) in [5.74, 6) is 0.707. The fourth-order valence-corrected chi connectivity index (χ4v) is 4.17. The normalized spacial score (nSPS) is 28.7. The second-order valence-electron chi connectivity index (χ2n) is 6.52. The van der Waals surface area contributed by atoms with Gasteiger partial charge in [-0.1, -0.05) is 12.8 Å². The maximum absolute atomic E-state index is 11.0. The summed E-state index contributed by atoms with van der Waals surface area (Å²) in [5, 5.41) is 11.0. The highest BCUT2D eigenvalue weighted by Gasteiger charge is 2.42. The third-order valence-corrected chi connectivity index (χ3v) is 5.20. The standard InChI is InChI=1S/C16H20N2O2/c19-18(20)14-7-8-16-12(10-14)9-11-3-1-2-4-15(11)17(16)13-5-6-13/h7-8,10-11,13,15H,1-6,9H2/t11-,15-/m1/s1. The van der Waals surface area contributed by atoms with Crippen molar-refractivity contribution in [3.8, 4) is 0 Å². The van der Waals surface area contributed by atoms with Crippen LogP contribution in [-0.4, -0.2) is 17.0 Å². The van der Waals surface area contributed by atoms with Gasteiger partial charge in [0.15, 0.2) is 0 Å². The number of benzene rings is 1. The Kier molecular flexibility index (Phi) is 2.72. The zero-order valence-corrected chi connectivity index (χ0v) is 11.6. The monoisotopic (exact) mass is 272 g/mol. The molecular formula is C16H20N2O2. The molecular weight excluding hydrogens is 252 g/mol. The summed E-state index contributed by atoms with van der Waals surface area (Å²) in [5.41, 5.74) is 2.73. The van der Waals surface area contributed by atoms with Crippen LogP contribution in [0.15, 0.2) is 18.2 Å². The molecule has 1 aromatic rings. The molecule has 4 nitrogen and oxygen atoms in total. The van der Waals surface area contributed by atoms with Crippen molar-refractivity contribution in [2.75, 3.05) is 4.90 Å². The summed E-state index contributed by atoms with van der Waals surface area (Å²) in [6.07, 6.45) is 8.87. The maximum atomic E-state index is 11.0. The molecule has 2 aliphatic carbocycles. The van der Waals surface area contributed by atoms with Gasteiger partial charge in [-0.3, -0.25) is 10.1 Å². The first-order valence-corrected chi connectivity index (χ1v) is 7.79. The third kappa shape index (κ3) is 1.89. The fraction of sp³-hybridized carbons (Fsp3) is 0.625. The minimum absolute atomic E-state index is 0.244. The Labute approximate surface area is 118 Å². The Morgan fingerprint density at radius 1 is 1.15 bits per heavy atom. The third-order valence-electron chi connectivity index (χ3n) is 5.20. The lowest BCUT2D eigenvalue weighted by atomic mass is 9.76. The van der Waals surface area contributed by atoms with Gasteiger partial charge in [0.05, 0.1) is 4.92 Å². The van der Waals surface area contributed by atoms with E-state index in [2.05, 4.69) is 4.90 Å². The van der Waals surface area contributed by atoms with Crippen molar-refractivity contribution in [2.45, 2.75) is 57.0 Å². The lowest BCUT2D eigenvalue weighted by Crippen LogP contribution is -2.48. The van der Waals surface area contributed by atoms with Crippen molar-refractivity contribution in [3.63, 3.8) is 0 Å². The molecule has 0 unspecified atom stereocenters. The van der Waals surface area contributed by atoms with Crippen LogP contribution in [0.1, 0.15) is 44.1 Å². The molecule has 2 atom stereocenters. The first kappa shape index (κ1) is 12.2. The van der Waals surface area contributed by atoms with Crippen molar-refractivity contribution in [3.05, 3.63) is 33.9 Å². The van der Waals surface area contributed by atoms with Crippen LogP contribution in [0.25, 0.3) is 0 Å². The van der Waals surface area contributed by atoms with E-state index in [9.17, 15) is 10.1 Å². The highest BCUT2D eigenvalue weighted by Crippen LogP contribution is 2.46. The molecule has 20 heavy (non-hydrogen) atoms. The average molecular weight is 272 g/mol. The second-order valence-corrected chi connectivity index (χ2v) is 6.52. The zero-order valence-electron chi connectivity index (χ0n) is 11.6. The Balaban J connectivity index is 1.76. The number of nitro groups is 1. The Morgan fingerprint density at radius 2 is 1.95 bits per heavy atom. The summed E-state index contributed by atoms with van der Waals surface area (Å²) in [6.45, 7) is 0. The molecule has 0 radical (unpaired) electrons. The number of hydrogen-bond donors (Lipinski definition) is 0. The second kappa shape index (κ2) is 4.47. The number of nitro benzene ring substituents is 1. The van der Waals surface area contributed by atoms with Crippen molar-refractivity contribution in [1.82, 2.24) is 0 Å². The van der Waals surface area contributed by atoms with Gasteiger partial charge in [0, 0.05) is 29.9 Å². The van der Waals surface area contributed by atoms with Crippen molar-refractivity contribution in [1.29, 1.82) is 0 Å². The summed E-state index contributed by atoms with van der Waals surface area (Å²) in [6, 6.07) is 6.87. The van der Waals surface area contributed by atoms with E-state index in [1.165, 1.54) is 49.8 Å². The fourth-order valence-electron chi connectivity index (χ4n) is 4.17. The first-order chi connectivity index (χ1) is 9.74. The minimum Gasteiger partial charge on any atom is -0.365 e. The molecule has 1 aliphatic heterocycles. The zero-order chi connectivity index (χ0) is 13.7. The summed E-state index contributed by atoms with van der Waals surface area (Å²) < 4.78 is 0. The van der Waals surface area contributed by atoms with Gasteiger partial charge in [-0.05, 0) is 49.7 Å². The highest BCUT2D eigenvalue weighted by atomic mass is 16.6. The number of rotatable bonds is 2. The van der Waals surface area contributed by atoms with Crippen molar-refractivity contribution < 1.29 is 4.92 Å². The summed E-state index contributed by atoms with van der Waals surface area (Å²) in [7, 11) is 0. The van der Waals surface area contributed by atoms with Gasteiger partial charge in [0.25, 0.3) is 5.69 Å². The molecule has 0 N–H and O–H groups in total. The predicted molar refractivity (Wildman–Crippen MR) is 78.0 cm³/mol. The van der Waals surface area contributed by atoms with E-state index in [-0.39, 0.29) is 10.6 Å². The molecule has 0 amide bonds. The molecule has 0 aromatic heterocycles. The molecule has 4 rings (SSSR count). The van der Waals surface area contributed by atoms with E-state index < -0.39 is 0 Å². The topological polar surface area (TPSA) is 46.4 Å². The Morgan fingerprint density at radius 3 is 2.70 bits per heavy atom. The van der Waals surface area contributed by atoms with Crippen LogP contribution in [-0.2, 0) is 6.42 Å². The number of non-ortho nitro benzene ring substituents is 1. The number of hydrogen-bond acceptors (Lipinski definition) is 3. The molecule has 2 fully saturated rings. The van der Waals surface area contributed by atoms with Gasteiger partial charge in [0.1, 0.15) is 0 Å². The molecule has 106 valence electrons. The van der Waals surface area contributed by atoms with Gasteiger partial charge >= 0.3 is 0 Å². The van der Waals surface area contributed by atoms with Crippen LogP contribution in [0.5, 0.6) is 0 Å². The smallest absolute Gasteiger partial charge is 0.269 e. The van der Waals surface area contributed by atoms with Crippen LogP contribution in [0.4, 0.5) is 11.4 Å². The highest BCUT2D eigenvalue weighted by molar-refractivity contribution is 5.62. The first-order valence-electron chi connectivity index (χ1n) is 7.79. The molecule has 4 heteroatoms. The summed E-state index contributed by atoms with van der Waals surface area (Å²) >= 11 is 0. The van der Waals surface area contributed by atoms with E-state index in [4.69, 9.17) is 0 Å². The van der Waals surface area contributed by atoms with Gasteiger partial charge in [-0.2, -0.15) is 0 Å². The predicted octanol–water partition coefficient (Wildman–Crippen LogP) is 3.68. The van der Waals surface area contributed by atoms with Crippen LogP contribution in [0.2, 0.25) is 0 Å². The van der Waals surface area contributed by atoms with Crippen LogP contribution >= 0.6 is 0 Å². The number of fused-ring (bicyclic) bond motifs is 2. The van der Waals surface area contributed by atoms with Gasteiger partial charge in [-0.15, -0.1) is 0 Å². The van der Waals surface area contributed by atoms with E-state index >= 15 is 0 Å². The lowest BCUT2D eigenvalue weighted by Gasteiger charge is -2.46. The van der Waals surface area contributed by atoms with E-state index in [0.717, 1.165) is 6.42 Å². The Bertz CT molecular complexity index is 553. The number of anilines is 1. The maximum Gasteiger partial charge on any atom is 0.269 e. The SMILES string of the molecule is O=[N+]([O-])c1ccc2c(c1)C[C@H]1CCCC[C@H]1N2C1CC1. The molecule has 1 heterocycles. The summed E-state index contributed by atoms with van der Waals surface area (Å²) in [4.78, 5) is 13.3.